The van der Waals surface area contributed by atoms with Crippen LogP contribution in [0, 0.1) is 5.92 Å². The molecule has 100 valence electrons. The molecule has 0 aromatic carbocycles. The van der Waals surface area contributed by atoms with Crippen molar-refractivity contribution in [2.24, 2.45) is 5.92 Å². The molecular formula is C15H30N2. The number of nitrogens with one attached hydrogen (secondary N) is 1. The van der Waals surface area contributed by atoms with Gasteiger partial charge in [-0.2, -0.15) is 0 Å². The van der Waals surface area contributed by atoms with Crippen LogP contribution in [-0.4, -0.2) is 36.6 Å². The smallest absolute Gasteiger partial charge is 0.00823 e. The molecule has 2 aliphatic rings. The molecule has 1 saturated heterocycles. The van der Waals surface area contributed by atoms with Gasteiger partial charge >= 0.3 is 0 Å². The average molecular weight is 238 g/mol. The van der Waals surface area contributed by atoms with Crippen LogP contribution in [0.1, 0.15) is 58.8 Å². The third-order valence-corrected chi connectivity index (χ3v) is 4.55. The van der Waals surface area contributed by atoms with Gasteiger partial charge in [0.1, 0.15) is 0 Å². The molecule has 2 nitrogen and oxygen atoms in total. The highest BCUT2D eigenvalue weighted by Crippen LogP contribution is 2.34. The predicted molar refractivity (Wildman–Crippen MR) is 74.3 cm³/mol. The highest BCUT2D eigenvalue weighted by molar-refractivity contribution is 4.83. The third kappa shape index (κ3) is 4.59. The van der Waals surface area contributed by atoms with E-state index < -0.39 is 0 Å². The molecule has 2 unspecified atom stereocenters. The Morgan fingerprint density at radius 2 is 1.94 bits per heavy atom. The molecule has 0 spiro atoms. The van der Waals surface area contributed by atoms with Crippen molar-refractivity contribution in [2.45, 2.75) is 70.9 Å². The first-order chi connectivity index (χ1) is 8.31. The minimum Gasteiger partial charge on any atom is -0.311 e. The molecule has 0 bridgehead atoms. The number of rotatable bonds is 6. The minimum atomic E-state index is 0.787. The Labute approximate surface area is 107 Å². The van der Waals surface area contributed by atoms with E-state index in [0.29, 0.717) is 0 Å². The van der Waals surface area contributed by atoms with Crippen molar-refractivity contribution >= 4 is 0 Å². The lowest BCUT2D eigenvalue weighted by atomic mass is 10.0. The number of hydrogen-bond acceptors (Lipinski definition) is 2. The van der Waals surface area contributed by atoms with Crippen LogP contribution in [0.2, 0.25) is 0 Å². The van der Waals surface area contributed by atoms with Crippen LogP contribution in [0.5, 0.6) is 0 Å². The number of nitrogens with zero attached hydrogens (tertiary/aromatic N) is 1. The summed E-state index contributed by atoms with van der Waals surface area (Å²) in [6.45, 7) is 8.47. The lowest BCUT2D eigenvalue weighted by Crippen LogP contribution is -2.39. The Morgan fingerprint density at radius 3 is 2.59 bits per heavy atom. The van der Waals surface area contributed by atoms with Crippen molar-refractivity contribution in [1.82, 2.24) is 10.2 Å². The van der Waals surface area contributed by atoms with E-state index in [0.717, 1.165) is 18.0 Å². The Kier molecular flexibility index (Phi) is 5.30. The van der Waals surface area contributed by atoms with Gasteiger partial charge in [-0.25, -0.2) is 0 Å². The van der Waals surface area contributed by atoms with Gasteiger partial charge in [-0.3, -0.25) is 0 Å². The van der Waals surface area contributed by atoms with Crippen molar-refractivity contribution < 1.29 is 0 Å². The molecule has 1 N–H and O–H groups in total. The first kappa shape index (κ1) is 13.4. The maximum Gasteiger partial charge on any atom is 0.00823 e. The van der Waals surface area contributed by atoms with Gasteiger partial charge in [0.15, 0.2) is 0 Å². The lowest BCUT2D eigenvalue weighted by molar-refractivity contribution is 0.293. The minimum absolute atomic E-state index is 0.787. The first-order valence-electron chi connectivity index (χ1n) is 7.80. The van der Waals surface area contributed by atoms with E-state index in [1.165, 1.54) is 64.6 Å². The molecule has 1 heterocycles. The summed E-state index contributed by atoms with van der Waals surface area (Å²) < 4.78 is 0. The van der Waals surface area contributed by atoms with Crippen LogP contribution in [0.3, 0.4) is 0 Å². The van der Waals surface area contributed by atoms with Gasteiger partial charge in [-0.15, -0.1) is 0 Å². The summed E-state index contributed by atoms with van der Waals surface area (Å²) in [7, 11) is 0. The summed E-state index contributed by atoms with van der Waals surface area (Å²) >= 11 is 0. The summed E-state index contributed by atoms with van der Waals surface area (Å²) in [5.74, 6) is 1.06. The van der Waals surface area contributed by atoms with E-state index in [-0.39, 0.29) is 0 Å². The van der Waals surface area contributed by atoms with E-state index in [1.54, 1.807) is 0 Å². The Bertz CT molecular complexity index is 213. The monoisotopic (exact) mass is 238 g/mol. The molecule has 0 amide bonds. The largest absolute Gasteiger partial charge is 0.311 e. The zero-order valence-electron chi connectivity index (χ0n) is 11.8. The van der Waals surface area contributed by atoms with E-state index >= 15 is 0 Å². The van der Waals surface area contributed by atoms with Crippen LogP contribution < -0.4 is 5.32 Å². The number of likely N-dealkylation sites (tertiary alicyclic amines) is 1. The van der Waals surface area contributed by atoms with Crippen molar-refractivity contribution in [3.8, 4) is 0 Å². The third-order valence-electron chi connectivity index (χ3n) is 4.55. The molecule has 2 rings (SSSR count). The Hall–Kier alpha value is -0.0800. The van der Waals surface area contributed by atoms with Crippen LogP contribution >= 0.6 is 0 Å². The molecule has 2 heteroatoms. The van der Waals surface area contributed by atoms with Crippen LogP contribution in [0.15, 0.2) is 0 Å². The van der Waals surface area contributed by atoms with Gasteiger partial charge < -0.3 is 10.2 Å². The SMILES string of the molecule is CCC(CC1CC1)NC1CCCN(CC)CC1. The molecule has 1 aliphatic heterocycles. The molecule has 2 fully saturated rings. The summed E-state index contributed by atoms with van der Waals surface area (Å²) in [5.41, 5.74) is 0. The Balaban J connectivity index is 1.72. The van der Waals surface area contributed by atoms with Gasteiger partial charge in [0, 0.05) is 12.1 Å². The van der Waals surface area contributed by atoms with Crippen LogP contribution in [-0.2, 0) is 0 Å². The average Bonchev–Trinajstić information content (AvgIpc) is 3.15. The molecule has 2 atom stereocenters. The predicted octanol–water partition coefficient (Wildman–Crippen LogP) is 3.03. The van der Waals surface area contributed by atoms with Gasteiger partial charge in [0.05, 0.1) is 0 Å². The Morgan fingerprint density at radius 1 is 1.12 bits per heavy atom. The van der Waals surface area contributed by atoms with E-state index in [9.17, 15) is 0 Å². The quantitative estimate of drug-likeness (QED) is 0.765. The van der Waals surface area contributed by atoms with E-state index in [4.69, 9.17) is 0 Å². The van der Waals surface area contributed by atoms with Gasteiger partial charge in [0.2, 0.25) is 0 Å². The molecular weight excluding hydrogens is 208 g/mol. The first-order valence-corrected chi connectivity index (χ1v) is 7.80. The second kappa shape index (κ2) is 6.75. The normalized spacial score (nSPS) is 28.9. The zero-order chi connectivity index (χ0) is 12.1. The van der Waals surface area contributed by atoms with E-state index in [1.807, 2.05) is 0 Å². The van der Waals surface area contributed by atoms with Crippen LogP contribution in [0.4, 0.5) is 0 Å². The second-order valence-electron chi connectivity index (χ2n) is 6.01. The molecule has 1 saturated carbocycles. The molecule has 0 aromatic heterocycles. The molecule has 17 heavy (non-hydrogen) atoms. The molecule has 0 radical (unpaired) electrons. The van der Waals surface area contributed by atoms with Gasteiger partial charge in [-0.1, -0.05) is 26.7 Å². The zero-order valence-corrected chi connectivity index (χ0v) is 11.8. The summed E-state index contributed by atoms with van der Waals surface area (Å²) in [6, 6.07) is 1.58. The fourth-order valence-corrected chi connectivity index (χ4v) is 3.08. The molecule has 1 aliphatic carbocycles. The summed E-state index contributed by atoms with van der Waals surface area (Å²) in [6.07, 6.45) is 9.85. The van der Waals surface area contributed by atoms with Gasteiger partial charge in [0.25, 0.3) is 0 Å². The highest BCUT2D eigenvalue weighted by atomic mass is 15.1. The van der Waals surface area contributed by atoms with Crippen molar-refractivity contribution in [3.05, 3.63) is 0 Å². The lowest BCUT2D eigenvalue weighted by Gasteiger charge is -2.24. The van der Waals surface area contributed by atoms with Crippen molar-refractivity contribution in [1.29, 1.82) is 0 Å². The van der Waals surface area contributed by atoms with Gasteiger partial charge in [-0.05, 0) is 57.7 Å². The van der Waals surface area contributed by atoms with Crippen LogP contribution in [0.25, 0.3) is 0 Å². The summed E-state index contributed by atoms with van der Waals surface area (Å²) in [4.78, 5) is 2.60. The topological polar surface area (TPSA) is 15.3 Å². The second-order valence-corrected chi connectivity index (χ2v) is 6.01. The highest BCUT2D eigenvalue weighted by Gasteiger charge is 2.26. The van der Waals surface area contributed by atoms with Crippen molar-refractivity contribution in [2.75, 3.05) is 19.6 Å². The summed E-state index contributed by atoms with van der Waals surface area (Å²) in [5, 5.41) is 3.93. The van der Waals surface area contributed by atoms with Crippen molar-refractivity contribution in [3.63, 3.8) is 0 Å². The maximum absolute atomic E-state index is 3.93. The van der Waals surface area contributed by atoms with E-state index in [2.05, 4.69) is 24.1 Å². The molecule has 0 aromatic rings. The fraction of sp³-hybridized carbons (Fsp3) is 1.00. The fourth-order valence-electron chi connectivity index (χ4n) is 3.08. The standard InChI is InChI=1S/C15H30N2/c1-3-14(12-13-7-8-13)16-15-6-5-10-17(4-2)11-9-15/h13-16H,3-12H2,1-2H3. The number of hydrogen-bond donors (Lipinski definition) is 1. The maximum atomic E-state index is 3.93.